The minimum atomic E-state index is -5.02. The number of likely N-dealkylation sites (tertiary alicyclic amines) is 1. The molecule has 2 unspecified atom stereocenters. The highest BCUT2D eigenvalue weighted by Gasteiger charge is 2.47. The summed E-state index contributed by atoms with van der Waals surface area (Å²) in [6.07, 6.45) is -6.40. The van der Waals surface area contributed by atoms with E-state index in [-0.39, 0.29) is 48.8 Å². The number of hydrogen-bond acceptors (Lipinski definition) is 4. The molecule has 1 aliphatic heterocycles. The fraction of sp³-hybridized carbons (Fsp3) is 0.536. The highest BCUT2D eigenvalue weighted by molar-refractivity contribution is 7.88. The molecule has 2 atom stereocenters. The van der Waals surface area contributed by atoms with E-state index in [1.54, 1.807) is 12.1 Å². The first kappa shape index (κ1) is 32.2. The van der Waals surface area contributed by atoms with Crippen LogP contribution in [-0.4, -0.2) is 51.2 Å². The Kier molecular flexibility index (Phi) is 9.29. The van der Waals surface area contributed by atoms with Gasteiger partial charge in [-0.15, -0.1) is 0 Å². The lowest BCUT2D eigenvalue weighted by Gasteiger charge is -2.37. The lowest BCUT2D eigenvalue weighted by Crippen LogP contribution is -2.48. The Hall–Kier alpha value is -2.71. The Bertz CT molecular complexity index is 1340. The van der Waals surface area contributed by atoms with E-state index in [1.807, 2.05) is 0 Å². The smallest absolute Gasteiger partial charge is 0.352 e. The number of piperidine rings is 1. The Balaban J connectivity index is 1.47. The summed E-state index contributed by atoms with van der Waals surface area (Å²) < 4.78 is 119. The first-order valence-electron chi connectivity index (χ1n) is 13.5. The van der Waals surface area contributed by atoms with Crippen molar-refractivity contribution in [2.45, 2.75) is 63.0 Å². The van der Waals surface area contributed by atoms with Crippen LogP contribution in [-0.2, 0) is 33.7 Å². The maximum atomic E-state index is 13.5. The number of amides is 1. The topological polar surface area (TPSA) is 78.5 Å². The normalized spacial score (nSPS) is 22.8. The molecule has 2 fully saturated rings. The molecule has 2 aromatic carbocycles. The fourth-order valence-electron chi connectivity index (χ4n) is 5.95. The van der Waals surface area contributed by atoms with Gasteiger partial charge in [0, 0.05) is 19.1 Å². The fourth-order valence-corrected chi connectivity index (χ4v) is 6.49. The summed E-state index contributed by atoms with van der Waals surface area (Å²) in [6.45, 7) is 0.555. The average molecular weight is 624 g/mol. The minimum Gasteiger partial charge on any atom is -0.352 e. The molecule has 1 saturated heterocycles. The third-order valence-electron chi connectivity index (χ3n) is 8.22. The van der Waals surface area contributed by atoms with E-state index in [0.29, 0.717) is 31.6 Å². The quantitative estimate of drug-likeness (QED) is 0.384. The van der Waals surface area contributed by atoms with Gasteiger partial charge in [0.05, 0.1) is 22.8 Å². The van der Waals surface area contributed by atoms with Gasteiger partial charge in [0.2, 0.25) is 15.9 Å². The van der Waals surface area contributed by atoms with Crippen molar-refractivity contribution in [3.8, 4) is 0 Å². The number of benzene rings is 2. The molecule has 4 rings (SSSR count). The van der Waals surface area contributed by atoms with Crippen molar-refractivity contribution in [1.82, 2.24) is 14.9 Å². The van der Waals surface area contributed by atoms with Gasteiger partial charge in [-0.05, 0) is 92.6 Å². The third-order valence-corrected chi connectivity index (χ3v) is 8.89. The molecule has 1 amide bonds. The van der Waals surface area contributed by atoms with Crippen LogP contribution in [0.25, 0.3) is 0 Å². The van der Waals surface area contributed by atoms with E-state index in [1.165, 1.54) is 12.1 Å². The van der Waals surface area contributed by atoms with Gasteiger partial charge < -0.3 is 10.2 Å². The number of rotatable bonds is 8. The van der Waals surface area contributed by atoms with Crippen molar-refractivity contribution in [2.75, 3.05) is 25.9 Å². The van der Waals surface area contributed by atoms with Crippen molar-refractivity contribution >= 4 is 15.9 Å². The molecular weight excluding hydrogens is 591 g/mol. The molecule has 232 valence electrons. The highest BCUT2D eigenvalue weighted by Crippen LogP contribution is 2.43. The molecule has 42 heavy (non-hydrogen) atoms. The summed E-state index contributed by atoms with van der Waals surface area (Å²) >= 11 is 0. The number of nitrogens with zero attached hydrogens (tertiary/aromatic N) is 1. The Morgan fingerprint density at radius 1 is 0.952 bits per heavy atom. The van der Waals surface area contributed by atoms with E-state index in [9.17, 15) is 43.9 Å². The van der Waals surface area contributed by atoms with Crippen molar-refractivity contribution in [1.29, 1.82) is 0 Å². The van der Waals surface area contributed by atoms with Gasteiger partial charge in [0.1, 0.15) is 5.82 Å². The van der Waals surface area contributed by atoms with Crippen molar-refractivity contribution < 1.29 is 43.9 Å². The largest absolute Gasteiger partial charge is 0.416 e. The number of sulfonamides is 1. The van der Waals surface area contributed by atoms with Gasteiger partial charge >= 0.3 is 12.4 Å². The summed E-state index contributed by atoms with van der Waals surface area (Å²) in [5.41, 5.74) is -3.55. The summed E-state index contributed by atoms with van der Waals surface area (Å²) in [7, 11) is -3.70. The van der Waals surface area contributed by atoms with E-state index in [4.69, 9.17) is 0 Å². The molecule has 14 heteroatoms. The highest BCUT2D eigenvalue weighted by atomic mass is 32.2. The van der Waals surface area contributed by atoms with Gasteiger partial charge in [-0.25, -0.2) is 17.5 Å². The molecule has 0 bridgehead atoms. The van der Waals surface area contributed by atoms with Crippen LogP contribution in [0.1, 0.15) is 60.3 Å². The van der Waals surface area contributed by atoms with Gasteiger partial charge in [0.15, 0.2) is 0 Å². The molecule has 1 heterocycles. The first-order valence-corrected chi connectivity index (χ1v) is 15.4. The molecule has 0 radical (unpaired) electrons. The maximum absolute atomic E-state index is 13.5. The molecule has 6 nitrogen and oxygen atoms in total. The van der Waals surface area contributed by atoms with Gasteiger partial charge in [-0.2, -0.15) is 26.3 Å². The van der Waals surface area contributed by atoms with Crippen LogP contribution < -0.4 is 10.0 Å². The zero-order valence-electron chi connectivity index (χ0n) is 22.8. The predicted octanol–water partition coefficient (Wildman–Crippen LogP) is 5.45. The van der Waals surface area contributed by atoms with E-state index < -0.39 is 51.4 Å². The van der Waals surface area contributed by atoms with Crippen LogP contribution in [0.5, 0.6) is 0 Å². The molecule has 2 N–H and O–H groups in total. The number of carbonyl (C=O) groups excluding carboxylic acids is 1. The van der Waals surface area contributed by atoms with Crippen LogP contribution in [0.15, 0.2) is 42.5 Å². The first-order chi connectivity index (χ1) is 19.5. The maximum Gasteiger partial charge on any atom is 0.416 e. The molecule has 2 aromatic rings. The standard InChI is InChI=1S/C28H32F7N3O3S/c1-42(40,41)37-17-26(25(39)36-16-18-12-21(27(30,31)32)14-22(13-18)28(33,34)35)9-6-24(15-26)38-10-7-20(8-11-38)19-2-4-23(29)5-3-19/h2-5,12-14,20,24,37H,6-11,15-17H2,1H3,(H,36,39). The molecule has 2 aliphatic rings. The van der Waals surface area contributed by atoms with Crippen LogP contribution in [0.3, 0.4) is 0 Å². The zero-order chi connectivity index (χ0) is 30.9. The van der Waals surface area contributed by atoms with Crippen LogP contribution in [0, 0.1) is 11.2 Å². The molecule has 0 spiro atoms. The monoisotopic (exact) mass is 623 g/mol. The van der Waals surface area contributed by atoms with Gasteiger partial charge in [-0.3, -0.25) is 4.79 Å². The summed E-state index contributed by atoms with van der Waals surface area (Å²) in [4.78, 5) is 15.7. The van der Waals surface area contributed by atoms with Crippen molar-refractivity contribution in [3.63, 3.8) is 0 Å². The second-order valence-corrected chi connectivity index (χ2v) is 13.1. The van der Waals surface area contributed by atoms with Crippen LogP contribution >= 0.6 is 0 Å². The number of hydrogen-bond donors (Lipinski definition) is 2. The summed E-state index contributed by atoms with van der Waals surface area (Å²) in [5.74, 6) is -0.709. The predicted molar refractivity (Wildman–Crippen MR) is 141 cm³/mol. The number of nitrogens with one attached hydrogen (secondary N) is 2. The second-order valence-electron chi connectivity index (χ2n) is 11.2. The summed E-state index contributed by atoms with van der Waals surface area (Å²) in [5, 5.41) is 2.47. The van der Waals surface area contributed by atoms with E-state index in [2.05, 4.69) is 14.9 Å². The number of halogens is 7. The molecule has 1 saturated carbocycles. The van der Waals surface area contributed by atoms with E-state index in [0.717, 1.165) is 24.7 Å². The molecule has 0 aromatic heterocycles. The zero-order valence-corrected chi connectivity index (χ0v) is 23.6. The Labute approximate surface area is 239 Å². The SMILES string of the molecule is CS(=O)(=O)NCC1(C(=O)NCc2cc(C(F)(F)F)cc(C(F)(F)F)c2)CCC(N2CCC(c3ccc(F)cc3)CC2)C1. The Morgan fingerprint density at radius 3 is 2.05 bits per heavy atom. The van der Waals surface area contributed by atoms with Gasteiger partial charge in [0.25, 0.3) is 0 Å². The lowest BCUT2D eigenvalue weighted by molar-refractivity contribution is -0.143. The molecular formula is C28H32F7N3O3S. The van der Waals surface area contributed by atoms with Crippen LogP contribution in [0.2, 0.25) is 0 Å². The van der Waals surface area contributed by atoms with E-state index >= 15 is 0 Å². The van der Waals surface area contributed by atoms with Crippen LogP contribution in [0.4, 0.5) is 30.7 Å². The second kappa shape index (κ2) is 12.1. The number of carbonyl (C=O) groups is 1. The Morgan fingerprint density at radius 2 is 1.52 bits per heavy atom. The number of alkyl halides is 6. The van der Waals surface area contributed by atoms with Crippen molar-refractivity contribution in [2.24, 2.45) is 5.41 Å². The minimum absolute atomic E-state index is 0.0175. The van der Waals surface area contributed by atoms with Crippen molar-refractivity contribution in [3.05, 3.63) is 70.5 Å². The third kappa shape index (κ3) is 8.01. The lowest BCUT2D eigenvalue weighted by atomic mass is 9.84. The van der Waals surface area contributed by atoms with Gasteiger partial charge in [-0.1, -0.05) is 12.1 Å². The molecule has 1 aliphatic carbocycles. The summed E-state index contributed by atoms with van der Waals surface area (Å²) in [6, 6.07) is 7.42. The average Bonchev–Trinajstić information content (AvgIpc) is 3.35.